The maximum Gasteiger partial charge on any atom is 0.335 e. The minimum absolute atomic E-state index is 0.293. The first-order chi connectivity index (χ1) is 27.1. The molecule has 1 amide bonds. The Labute approximate surface area is 341 Å². The van der Waals surface area contributed by atoms with Crippen LogP contribution in [0.1, 0.15) is 219 Å². The van der Waals surface area contributed by atoms with Crippen LogP contribution in [0, 0.1) is 0 Å². The molecule has 0 saturated carbocycles. The molecule has 1 fully saturated rings. The van der Waals surface area contributed by atoms with E-state index in [2.05, 4.69) is 19.2 Å². The van der Waals surface area contributed by atoms with Crippen LogP contribution in [-0.2, 0) is 19.1 Å². The lowest BCUT2D eigenvalue weighted by Crippen LogP contribution is -2.61. The highest BCUT2D eigenvalue weighted by Crippen LogP contribution is 2.23. The Morgan fingerprint density at radius 1 is 0.536 bits per heavy atom. The van der Waals surface area contributed by atoms with E-state index in [1.807, 2.05) is 0 Å². The van der Waals surface area contributed by atoms with E-state index < -0.39 is 60.8 Å². The quantitative estimate of drug-likeness (QED) is 0.0297. The molecule has 0 aromatic heterocycles. The van der Waals surface area contributed by atoms with Crippen LogP contribution in [0.3, 0.4) is 0 Å². The van der Waals surface area contributed by atoms with Crippen molar-refractivity contribution in [2.75, 3.05) is 6.61 Å². The lowest BCUT2D eigenvalue weighted by atomic mass is 9.99. The second kappa shape index (κ2) is 35.6. The van der Waals surface area contributed by atoms with Gasteiger partial charge in [-0.25, -0.2) is 4.79 Å². The van der Waals surface area contributed by atoms with Gasteiger partial charge in [-0.05, 0) is 12.8 Å². The van der Waals surface area contributed by atoms with E-state index in [-0.39, 0.29) is 6.61 Å². The number of amides is 1. The summed E-state index contributed by atoms with van der Waals surface area (Å²) in [4.78, 5) is 24.6. The first kappa shape index (κ1) is 52.7. The number of carboxylic acid groups (broad SMARTS) is 1. The highest BCUT2D eigenvalue weighted by molar-refractivity contribution is 5.80. The Morgan fingerprint density at radius 3 is 1.27 bits per heavy atom. The standard InChI is InChI=1S/C45H87NO10/c1-3-5-7-9-11-13-15-17-19-21-23-25-27-29-31-33-37(47)36(35-55-45-41(51)39(49)40(50)42(56-45)44(53)54)46-43(52)38(48)34-32-30-28-26-24-22-20-18-16-14-12-10-8-6-4-2/h36-42,45,47-51H,3-35H2,1-2H3,(H,46,52)(H,53,54)/t36-,37+,38+,39-,40+,41+,42-,45+/m0/s1. The number of ether oxygens (including phenoxy) is 2. The highest BCUT2D eigenvalue weighted by Gasteiger charge is 2.47. The maximum atomic E-state index is 13.0. The second-order valence-corrected chi connectivity index (χ2v) is 16.7. The monoisotopic (exact) mass is 802 g/mol. The van der Waals surface area contributed by atoms with Crippen LogP contribution < -0.4 is 5.32 Å². The summed E-state index contributed by atoms with van der Waals surface area (Å²) in [7, 11) is 0. The SMILES string of the molecule is CCCCCCCCCCCCCCCCC[C@@H](O)C(=O)N[C@@H](CO[C@@H]1O[C@H](C(=O)O)[C@H](O)[C@H](O)[C@H]1O)[C@H](O)CCCCCCCCCCCCCCCCC. The van der Waals surface area contributed by atoms with Gasteiger partial charge in [-0.15, -0.1) is 0 Å². The van der Waals surface area contributed by atoms with Gasteiger partial charge in [-0.3, -0.25) is 4.79 Å². The minimum Gasteiger partial charge on any atom is -0.479 e. The summed E-state index contributed by atoms with van der Waals surface area (Å²) in [5.41, 5.74) is 0. The zero-order valence-electron chi connectivity index (χ0n) is 35.8. The molecule has 0 aromatic carbocycles. The first-order valence-corrected chi connectivity index (χ1v) is 23.3. The maximum absolute atomic E-state index is 13.0. The summed E-state index contributed by atoms with van der Waals surface area (Å²) >= 11 is 0. The summed E-state index contributed by atoms with van der Waals surface area (Å²) in [6.07, 6.45) is 26.1. The summed E-state index contributed by atoms with van der Waals surface area (Å²) in [6, 6.07) is -0.979. The normalized spacial score (nSPS) is 21.5. The summed E-state index contributed by atoms with van der Waals surface area (Å²) in [5, 5.41) is 64.5. The molecule has 56 heavy (non-hydrogen) atoms. The molecule has 8 atom stereocenters. The number of hydrogen-bond donors (Lipinski definition) is 7. The van der Waals surface area contributed by atoms with Gasteiger partial charge in [0, 0.05) is 0 Å². The molecule has 0 bridgehead atoms. The molecule has 7 N–H and O–H groups in total. The molecule has 1 heterocycles. The second-order valence-electron chi connectivity index (χ2n) is 16.7. The predicted molar refractivity (Wildman–Crippen MR) is 223 cm³/mol. The van der Waals surface area contributed by atoms with Crippen LogP contribution in [0.4, 0.5) is 0 Å². The molecule has 11 heteroatoms. The van der Waals surface area contributed by atoms with Crippen molar-refractivity contribution in [2.24, 2.45) is 0 Å². The Morgan fingerprint density at radius 2 is 0.893 bits per heavy atom. The average molecular weight is 802 g/mol. The van der Waals surface area contributed by atoms with Gasteiger partial charge >= 0.3 is 5.97 Å². The van der Waals surface area contributed by atoms with E-state index in [0.29, 0.717) is 19.3 Å². The van der Waals surface area contributed by atoms with E-state index >= 15 is 0 Å². The third-order valence-electron chi connectivity index (χ3n) is 11.5. The third kappa shape index (κ3) is 25.9. The van der Waals surface area contributed by atoms with Crippen LogP contribution in [-0.4, -0.2) is 98.1 Å². The number of hydrogen-bond acceptors (Lipinski definition) is 9. The van der Waals surface area contributed by atoms with Crippen molar-refractivity contribution in [3.63, 3.8) is 0 Å². The topological polar surface area (TPSA) is 186 Å². The number of aliphatic hydroxyl groups is 5. The van der Waals surface area contributed by atoms with Gasteiger partial charge in [0.05, 0.1) is 18.8 Å². The van der Waals surface area contributed by atoms with Crippen LogP contribution in [0.25, 0.3) is 0 Å². The van der Waals surface area contributed by atoms with E-state index in [1.165, 1.54) is 141 Å². The summed E-state index contributed by atoms with van der Waals surface area (Å²) in [5.74, 6) is -2.17. The van der Waals surface area contributed by atoms with E-state index in [0.717, 1.165) is 44.9 Å². The number of carbonyl (C=O) groups is 2. The predicted octanol–water partition coefficient (Wildman–Crippen LogP) is 8.62. The number of nitrogens with one attached hydrogen (secondary N) is 1. The Hall–Kier alpha value is -1.34. The number of aliphatic carboxylic acids is 1. The van der Waals surface area contributed by atoms with Gasteiger partial charge in [0.25, 0.3) is 0 Å². The van der Waals surface area contributed by atoms with Gasteiger partial charge in [0.2, 0.25) is 5.91 Å². The molecule has 0 radical (unpaired) electrons. The molecule has 1 saturated heterocycles. The molecule has 1 aliphatic rings. The van der Waals surface area contributed by atoms with Crippen molar-refractivity contribution in [1.82, 2.24) is 5.32 Å². The Balaban J connectivity index is 2.42. The molecule has 332 valence electrons. The van der Waals surface area contributed by atoms with Crippen molar-refractivity contribution < 1.29 is 49.7 Å². The van der Waals surface area contributed by atoms with E-state index in [9.17, 15) is 40.2 Å². The summed E-state index contributed by atoms with van der Waals surface area (Å²) < 4.78 is 10.8. The number of carboxylic acids is 1. The van der Waals surface area contributed by atoms with Crippen LogP contribution in [0.2, 0.25) is 0 Å². The number of aliphatic hydroxyl groups excluding tert-OH is 5. The Bertz CT molecular complexity index is 925. The zero-order valence-corrected chi connectivity index (χ0v) is 35.8. The first-order valence-electron chi connectivity index (χ1n) is 23.3. The van der Waals surface area contributed by atoms with Crippen LogP contribution >= 0.6 is 0 Å². The van der Waals surface area contributed by atoms with Crippen molar-refractivity contribution in [2.45, 2.75) is 268 Å². The van der Waals surface area contributed by atoms with Gasteiger partial charge in [0.15, 0.2) is 12.4 Å². The molecule has 1 rings (SSSR count). The van der Waals surface area contributed by atoms with E-state index in [1.54, 1.807) is 0 Å². The lowest BCUT2D eigenvalue weighted by Gasteiger charge is -2.39. The smallest absolute Gasteiger partial charge is 0.335 e. The fourth-order valence-corrected chi connectivity index (χ4v) is 7.68. The van der Waals surface area contributed by atoms with Crippen molar-refractivity contribution in [1.29, 1.82) is 0 Å². The Kier molecular flexibility index (Phi) is 33.5. The fraction of sp³-hybridized carbons (Fsp3) is 0.956. The van der Waals surface area contributed by atoms with Crippen molar-refractivity contribution >= 4 is 11.9 Å². The number of unbranched alkanes of at least 4 members (excludes halogenated alkanes) is 28. The highest BCUT2D eigenvalue weighted by atomic mass is 16.7. The molecule has 11 nitrogen and oxygen atoms in total. The molecule has 0 spiro atoms. The van der Waals surface area contributed by atoms with Gasteiger partial charge in [-0.2, -0.15) is 0 Å². The molecule has 0 aliphatic carbocycles. The third-order valence-corrected chi connectivity index (χ3v) is 11.5. The van der Waals surface area contributed by atoms with Gasteiger partial charge in [-0.1, -0.05) is 206 Å². The average Bonchev–Trinajstić information content (AvgIpc) is 3.18. The zero-order chi connectivity index (χ0) is 41.2. The number of rotatable bonds is 39. The minimum atomic E-state index is -1.86. The van der Waals surface area contributed by atoms with Crippen LogP contribution in [0.5, 0.6) is 0 Å². The molecule has 1 aliphatic heterocycles. The molecular formula is C45H87NO10. The number of carbonyl (C=O) groups excluding carboxylic acids is 1. The molecule has 0 aromatic rings. The van der Waals surface area contributed by atoms with Crippen LogP contribution in [0.15, 0.2) is 0 Å². The fourth-order valence-electron chi connectivity index (χ4n) is 7.68. The largest absolute Gasteiger partial charge is 0.479 e. The van der Waals surface area contributed by atoms with E-state index in [4.69, 9.17) is 9.47 Å². The lowest BCUT2D eigenvalue weighted by molar-refractivity contribution is -0.295. The summed E-state index contributed by atoms with van der Waals surface area (Å²) in [6.45, 7) is 4.13. The molecule has 0 unspecified atom stereocenters. The van der Waals surface area contributed by atoms with Crippen molar-refractivity contribution in [3.8, 4) is 0 Å². The van der Waals surface area contributed by atoms with Crippen molar-refractivity contribution in [3.05, 3.63) is 0 Å². The van der Waals surface area contributed by atoms with Gasteiger partial charge in [0.1, 0.15) is 24.4 Å². The van der Waals surface area contributed by atoms with Gasteiger partial charge < -0.3 is 45.4 Å². The molecular weight excluding hydrogens is 714 g/mol.